The summed E-state index contributed by atoms with van der Waals surface area (Å²) in [6.45, 7) is 3.25. The fourth-order valence-electron chi connectivity index (χ4n) is 2.77. The Kier molecular flexibility index (Phi) is 6.81. The number of hydrogen-bond acceptors (Lipinski definition) is 6. The molecule has 8 nitrogen and oxygen atoms in total. The Morgan fingerprint density at radius 3 is 2.52 bits per heavy atom. The zero-order valence-corrected chi connectivity index (χ0v) is 17.1. The lowest BCUT2D eigenvalue weighted by atomic mass is 10.1. The Hall–Kier alpha value is -2.72. The van der Waals surface area contributed by atoms with E-state index in [1.54, 1.807) is 13.0 Å². The lowest BCUT2D eigenvalue weighted by Gasteiger charge is -2.25. The van der Waals surface area contributed by atoms with Crippen molar-refractivity contribution in [2.24, 2.45) is 0 Å². The molecular formula is C19H23FN2O6S. The van der Waals surface area contributed by atoms with Gasteiger partial charge in [0.25, 0.3) is 11.5 Å². The molecule has 0 bridgehead atoms. The number of amides is 1. The summed E-state index contributed by atoms with van der Waals surface area (Å²) in [5.74, 6) is -1.25. The molecule has 1 heterocycles. The lowest BCUT2D eigenvalue weighted by molar-refractivity contribution is -0.131. The van der Waals surface area contributed by atoms with Crippen molar-refractivity contribution in [2.75, 3.05) is 12.9 Å². The molecule has 1 amide bonds. The van der Waals surface area contributed by atoms with Gasteiger partial charge in [-0.2, -0.15) is 0 Å². The second-order valence-electron chi connectivity index (χ2n) is 6.72. The molecule has 2 rings (SSSR count). The van der Waals surface area contributed by atoms with Gasteiger partial charge in [-0.15, -0.1) is 0 Å². The van der Waals surface area contributed by atoms with E-state index in [9.17, 15) is 22.4 Å². The average Bonchev–Trinajstić information content (AvgIpc) is 2.65. The minimum Gasteiger partial charge on any atom is -0.494 e. The maximum atomic E-state index is 14.3. The third kappa shape index (κ3) is 4.83. The number of hydroxylamine groups is 1. The molecule has 2 N–H and O–H groups in total. The van der Waals surface area contributed by atoms with Crippen LogP contribution in [0.3, 0.4) is 0 Å². The van der Waals surface area contributed by atoms with Crippen LogP contribution >= 0.6 is 0 Å². The molecule has 0 saturated carbocycles. The molecule has 29 heavy (non-hydrogen) atoms. The molecule has 0 aliphatic rings. The lowest BCUT2D eigenvalue weighted by Crippen LogP contribution is -2.49. The van der Waals surface area contributed by atoms with Gasteiger partial charge >= 0.3 is 0 Å². The smallest absolute Gasteiger partial charge is 0.264 e. The van der Waals surface area contributed by atoms with E-state index >= 15 is 0 Å². The minimum absolute atomic E-state index is 0.0954. The van der Waals surface area contributed by atoms with E-state index < -0.39 is 31.9 Å². The third-order valence-corrected chi connectivity index (χ3v) is 6.81. The highest BCUT2D eigenvalue weighted by atomic mass is 32.2. The summed E-state index contributed by atoms with van der Waals surface area (Å²) in [5, 5.41) is 8.85. The van der Waals surface area contributed by atoms with Crippen molar-refractivity contribution >= 4 is 15.7 Å². The van der Waals surface area contributed by atoms with Crippen LogP contribution in [0.25, 0.3) is 11.1 Å². The van der Waals surface area contributed by atoms with Gasteiger partial charge in [-0.3, -0.25) is 14.8 Å². The second-order valence-corrected chi connectivity index (χ2v) is 9.16. The van der Waals surface area contributed by atoms with Crippen molar-refractivity contribution in [1.29, 1.82) is 0 Å². The maximum Gasteiger partial charge on any atom is 0.264 e. The van der Waals surface area contributed by atoms with Crippen LogP contribution in [0.1, 0.15) is 20.3 Å². The third-order valence-electron chi connectivity index (χ3n) is 4.79. The first-order valence-corrected chi connectivity index (χ1v) is 10.7. The first-order valence-electron chi connectivity index (χ1n) is 8.81. The largest absolute Gasteiger partial charge is 0.494 e. The molecule has 2 aromatic rings. The highest BCUT2D eigenvalue weighted by Crippen LogP contribution is 2.26. The average molecular weight is 426 g/mol. The topological polar surface area (TPSA) is 115 Å². The summed E-state index contributed by atoms with van der Waals surface area (Å²) < 4.78 is 42.9. The van der Waals surface area contributed by atoms with Gasteiger partial charge in [0, 0.05) is 36.7 Å². The Bertz CT molecular complexity index is 1070. The van der Waals surface area contributed by atoms with Crippen LogP contribution in [-0.4, -0.2) is 41.7 Å². The molecule has 0 radical (unpaired) electrons. The number of nitrogens with zero attached hydrogens (tertiary/aromatic N) is 1. The summed E-state index contributed by atoms with van der Waals surface area (Å²) in [6.07, 6.45) is 2.03. The number of benzene rings is 1. The number of carbonyl (C=O) groups excluding carboxylic acids is 1. The van der Waals surface area contributed by atoms with E-state index in [2.05, 4.69) is 0 Å². The van der Waals surface area contributed by atoms with E-state index in [0.717, 1.165) is 6.26 Å². The molecule has 0 saturated heterocycles. The van der Waals surface area contributed by atoms with Gasteiger partial charge < -0.3 is 9.30 Å². The summed E-state index contributed by atoms with van der Waals surface area (Å²) >= 11 is 0. The monoisotopic (exact) mass is 426 g/mol. The Morgan fingerprint density at radius 1 is 1.31 bits per heavy atom. The van der Waals surface area contributed by atoms with Crippen LogP contribution in [0.2, 0.25) is 0 Å². The van der Waals surface area contributed by atoms with E-state index in [0.29, 0.717) is 17.9 Å². The number of carbonyl (C=O) groups is 1. The molecule has 10 heteroatoms. The van der Waals surface area contributed by atoms with Crippen LogP contribution in [0.5, 0.6) is 5.75 Å². The van der Waals surface area contributed by atoms with Crippen LogP contribution in [-0.2, 0) is 21.2 Å². The second kappa shape index (κ2) is 8.75. The molecule has 0 fully saturated rings. The molecule has 1 aromatic heterocycles. The van der Waals surface area contributed by atoms with Gasteiger partial charge in [0.05, 0.1) is 6.61 Å². The predicted octanol–water partition coefficient (Wildman–Crippen LogP) is 1.75. The summed E-state index contributed by atoms with van der Waals surface area (Å²) in [5.41, 5.74) is 1.44. The fourth-order valence-corrected chi connectivity index (χ4v) is 3.61. The molecule has 0 aliphatic carbocycles. The highest BCUT2D eigenvalue weighted by Gasteiger charge is 2.43. The molecule has 1 aromatic carbocycles. The summed E-state index contributed by atoms with van der Waals surface area (Å²) in [7, 11) is -3.87. The maximum absolute atomic E-state index is 14.3. The number of sulfone groups is 1. The fraction of sp³-hybridized carbons (Fsp3) is 0.368. The number of nitrogens with one attached hydrogen (secondary N) is 1. The Morgan fingerprint density at radius 2 is 2.00 bits per heavy atom. The van der Waals surface area contributed by atoms with E-state index in [1.807, 2.05) is 0 Å². The SMILES string of the molecule is CCOc1ccc(-c2ccn(CC[C@](C)(C(=O)NO)S(C)(=O)=O)c(=O)c2)c(F)c1. The van der Waals surface area contributed by atoms with Gasteiger partial charge in [-0.1, -0.05) is 0 Å². The number of ether oxygens (including phenoxy) is 1. The zero-order valence-electron chi connectivity index (χ0n) is 16.3. The predicted molar refractivity (Wildman–Crippen MR) is 105 cm³/mol. The highest BCUT2D eigenvalue weighted by molar-refractivity contribution is 7.92. The first-order chi connectivity index (χ1) is 13.5. The molecule has 158 valence electrons. The number of aryl methyl sites for hydroxylation is 1. The molecule has 1 atom stereocenters. The Labute approximate surface area is 167 Å². The van der Waals surface area contributed by atoms with Crippen molar-refractivity contribution in [3.63, 3.8) is 0 Å². The quantitative estimate of drug-likeness (QED) is 0.491. The molecular weight excluding hydrogens is 403 g/mol. The van der Waals surface area contributed by atoms with Gasteiger partial charge in [-0.25, -0.2) is 18.3 Å². The van der Waals surface area contributed by atoms with Crippen LogP contribution in [0.4, 0.5) is 4.39 Å². The standard InChI is InChI=1S/C19H23FN2O6S/c1-4-28-14-5-6-15(16(20)12-14)13-7-9-22(17(23)11-13)10-8-19(2,18(24)21-25)29(3,26)27/h5-7,9,11-12,25H,4,8,10H2,1-3H3,(H,21,24)/t19-/m1/s1. The van der Waals surface area contributed by atoms with Gasteiger partial charge in [0.2, 0.25) is 0 Å². The number of rotatable bonds is 8. The van der Waals surface area contributed by atoms with Gasteiger partial charge in [0.1, 0.15) is 11.6 Å². The summed E-state index contributed by atoms with van der Waals surface area (Å²) in [4.78, 5) is 24.3. The van der Waals surface area contributed by atoms with Crippen LogP contribution in [0, 0.1) is 5.82 Å². The Balaban J connectivity index is 2.28. The van der Waals surface area contributed by atoms with E-state index in [4.69, 9.17) is 9.94 Å². The number of halogens is 1. The first kappa shape index (κ1) is 22.6. The van der Waals surface area contributed by atoms with Crippen molar-refractivity contribution in [3.8, 4) is 16.9 Å². The molecule has 0 aliphatic heterocycles. The zero-order chi connectivity index (χ0) is 21.8. The number of aromatic nitrogens is 1. The van der Waals surface area contributed by atoms with Gasteiger partial charge in [-0.05, 0) is 44.0 Å². The summed E-state index contributed by atoms with van der Waals surface area (Å²) in [6, 6.07) is 7.08. The normalized spacial score (nSPS) is 13.6. The van der Waals surface area contributed by atoms with E-state index in [1.165, 1.54) is 47.4 Å². The van der Waals surface area contributed by atoms with E-state index in [-0.39, 0.29) is 18.5 Å². The number of hydrogen-bond donors (Lipinski definition) is 2. The van der Waals surface area contributed by atoms with Crippen molar-refractivity contribution in [3.05, 3.63) is 52.7 Å². The van der Waals surface area contributed by atoms with Crippen molar-refractivity contribution in [1.82, 2.24) is 10.0 Å². The number of pyridine rings is 1. The van der Waals surface area contributed by atoms with Crippen molar-refractivity contribution < 1.29 is 27.5 Å². The minimum atomic E-state index is -3.87. The van der Waals surface area contributed by atoms with Crippen LogP contribution in [0.15, 0.2) is 41.3 Å². The van der Waals surface area contributed by atoms with Gasteiger partial charge in [0.15, 0.2) is 14.6 Å². The molecule has 0 spiro atoms. The molecule has 0 unspecified atom stereocenters. The van der Waals surface area contributed by atoms with Crippen molar-refractivity contribution in [2.45, 2.75) is 31.6 Å². The van der Waals surface area contributed by atoms with Crippen LogP contribution < -0.4 is 15.8 Å².